The second-order valence-corrected chi connectivity index (χ2v) is 6.62. The van der Waals surface area contributed by atoms with Crippen LogP contribution in [0.15, 0.2) is 35.3 Å². The van der Waals surface area contributed by atoms with Gasteiger partial charge in [-0.25, -0.2) is 4.98 Å². The third-order valence-electron chi connectivity index (χ3n) is 4.57. The molecular weight excluding hydrogens is 348 g/mol. The van der Waals surface area contributed by atoms with Gasteiger partial charge in [-0.1, -0.05) is 13.0 Å². The fourth-order valence-corrected chi connectivity index (χ4v) is 2.78. The van der Waals surface area contributed by atoms with Gasteiger partial charge in [-0.3, -0.25) is 14.4 Å². The molecule has 142 valence electrons. The minimum atomic E-state index is -0.540. The molecule has 0 radical (unpaired) electrons. The van der Waals surface area contributed by atoms with Crippen LogP contribution in [0.3, 0.4) is 0 Å². The van der Waals surface area contributed by atoms with Crippen LogP contribution in [-0.2, 0) is 6.54 Å². The first kappa shape index (κ1) is 18.6. The summed E-state index contributed by atoms with van der Waals surface area (Å²) in [5.74, 6) is 0.0200. The van der Waals surface area contributed by atoms with E-state index in [9.17, 15) is 14.4 Å². The molecule has 0 unspecified atom stereocenters. The first-order chi connectivity index (χ1) is 12.9. The summed E-state index contributed by atoms with van der Waals surface area (Å²) in [6.07, 6.45) is 2.39. The van der Waals surface area contributed by atoms with Crippen molar-refractivity contribution in [2.45, 2.75) is 25.9 Å². The SMILES string of the molecule is CNC(=O)c1cc(C(=O)N[C@H]2C[C@@H]2C)cn(Cc2cccc(OC)n2)c1=O. The molecule has 0 spiro atoms. The van der Waals surface area contributed by atoms with Gasteiger partial charge >= 0.3 is 0 Å². The maximum atomic E-state index is 12.7. The second kappa shape index (κ2) is 7.61. The fraction of sp³-hybridized carbons (Fsp3) is 0.368. The molecule has 3 rings (SSSR count). The Balaban J connectivity index is 1.97. The number of hydrogen-bond donors (Lipinski definition) is 2. The van der Waals surface area contributed by atoms with Gasteiger partial charge in [-0.2, -0.15) is 0 Å². The van der Waals surface area contributed by atoms with Crippen LogP contribution in [0.1, 0.15) is 39.8 Å². The molecule has 1 aliphatic carbocycles. The molecule has 8 heteroatoms. The van der Waals surface area contributed by atoms with E-state index < -0.39 is 11.5 Å². The molecule has 0 saturated heterocycles. The van der Waals surface area contributed by atoms with Crippen molar-refractivity contribution in [1.82, 2.24) is 20.2 Å². The molecule has 1 saturated carbocycles. The van der Waals surface area contributed by atoms with Crippen LogP contribution in [0, 0.1) is 5.92 Å². The predicted octanol–water partition coefficient (Wildman–Crippen LogP) is 0.798. The van der Waals surface area contributed by atoms with Crippen molar-refractivity contribution in [3.8, 4) is 5.88 Å². The van der Waals surface area contributed by atoms with Crippen LogP contribution in [0.25, 0.3) is 0 Å². The number of aromatic nitrogens is 2. The minimum Gasteiger partial charge on any atom is -0.481 e. The molecule has 2 atom stereocenters. The molecule has 1 fully saturated rings. The topological polar surface area (TPSA) is 102 Å². The average molecular weight is 370 g/mol. The van der Waals surface area contributed by atoms with Gasteiger partial charge in [-0.05, 0) is 24.5 Å². The summed E-state index contributed by atoms with van der Waals surface area (Å²) in [6.45, 7) is 2.16. The van der Waals surface area contributed by atoms with Gasteiger partial charge in [0.15, 0.2) is 0 Å². The van der Waals surface area contributed by atoms with Crippen LogP contribution in [0.5, 0.6) is 5.88 Å². The zero-order chi connectivity index (χ0) is 19.6. The van der Waals surface area contributed by atoms with Gasteiger partial charge in [0.25, 0.3) is 17.4 Å². The van der Waals surface area contributed by atoms with Crippen LogP contribution in [-0.4, -0.2) is 41.6 Å². The number of hydrogen-bond acceptors (Lipinski definition) is 5. The molecule has 2 aromatic rings. The molecule has 8 nitrogen and oxygen atoms in total. The Hall–Kier alpha value is -3.16. The van der Waals surface area contributed by atoms with E-state index >= 15 is 0 Å². The standard InChI is InChI=1S/C19H22N4O4/c1-11-7-15(11)22-17(24)12-8-14(18(25)20-2)19(26)23(9-12)10-13-5-4-6-16(21-13)27-3/h4-6,8-9,11,15H,7,10H2,1-3H3,(H,20,25)(H,22,24)/t11-,15-/m0/s1. The molecule has 27 heavy (non-hydrogen) atoms. The Bertz CT molecular complexity index is 938. The van der Waals surface area contributed by atoms with Gasteiger partial charge in [-0.15, -0.1) is 0 Å². The zero-order valence-corrected chi connectivity index (χ0v) is 15.5. The highest BCUT2D eigenvalue weighted by Crippen LogP contribution is 2.29. The smallest absolute Gasteiger partial charge is 0.263 e. The molecular formula is C19H22N4O4. The Labute approximate surface area is 156 Å². The number of methoxy groups -OCH3 is 1. The predicted molar refractivity (Wildman–Crippen MR) is 99.0 cm³/mol. The quantitative estimate of drug-likeness (QED) is 0.783. The highest BCUT2D eigenvalue weighted by molar-refractivity contribution is 5.99. The third-order valence-corrected chi connectivity index (χ3v) is 4.57. The fourth-order valence-electron chi connectivity index (χ4n) is 2.78. The van der Waals surface area contributed by atoms with E-state index in [2.05, 4.69) is 22.5 Å². The van der Waals surface area contributed by atoms with E-state index in [0.29, 0.717) is 17.5 Å². The number of nitrogens with zero attached hydrogens (tertiary/aromatic N) is 2. The highest BCUT2D eigenvalue weighted by Gasteiger charge is 2.34. The van der Waals surface area contributed by atoms with E-state index in [0.717, 1.165) is 6.42 Å². The lowest BCUT2D eigenvalue weighted by Crippen LogP contribution is -2.34. The van der Waals surface area contributed by atoms with E-state index in [4.69, 9.17) is 4.74 Å². The van der Waals surface area contributed by atoms with Crippen molar-refractivity contribution in [2.24, 2.45) is 5.92 Å². The summed E-state index contributed by atoms with van der Waals surface area (Å²) in [6, 6.07) is 6.67. The summed E-state index contributed by atoms with van der Waals surface area (Å²) >= 11 is 0. The van der Waals surface area contributed by atoms with Gasteiger partial charge in [0.2, 0.25) is 5.88 Å². The Morgan fingerprint density at radius 1 is 1.33 bits per heavy atom. The largest absolute Gasteiger partial charge is 0.481 e. The Morgan fingerprint density at radius 3 is 2.70 bits per heavy atom. The molecule has 1 aliphatic rings. The maximum absolute atomic E-state index is 12.7. The lowest BCUT2D eigenvalue weighted by atomic mass is 10.1. The van der Waals surface area contributed by atoms with Crippen molar-refractivity contribution in [1.29, 1.82) is 0 Å². The summed E-state index contributed by atoms with van der Waals surface area (Å²) in [7, 11) is 2.94. The molecule has 2 aromatic heterocycles. The second-order valence-electron chi connectivity index (χ2n) is 6.62. The van der Waals surface area contributed by atoms with E-state index in [1.165, 1.54) is 31.0 Å². The van der Waals surface area contributed by atoms with Gasteiger partial charge in [0.05, 0.1) is 24.9 Å². The molecule has 2 amide bonds. The van der Waals surface area contributed by atoms with Crippen molar-refractivity contribution in [2.75, 3.05) is 14.2 Å². The van der Waals surface area contributed by atoms with Crippen molar-refractivity contribution >= 4 is 11.8 Å². The number of carbonyl (C=O) groups is 2. The molecule has 2 N–H and O–H groups in total. The van der Waals surface area contributed by atoms with E-state index in [1.54, 1.807) is 18.2 Å². The normalized spacial score (nSPS) is 17.9. The molecule has 2 heterocycles. The average Bonchev–Trinajstić information content (AvgIpc) is 3.37. The van der Waals surface area contributed by atoms with Crippen molar-refractivity contribution in [3.05, 3.63) is 57.6 Å². The number of ether oxygens (including phenoxy) is 1. The molecule has 0 bridgehead atoms. The minimum absolute atomic E-state index is 0.0862. The monoisotopic (exact) mass is 370 g/mol. The van der Waals surface area contributed by atoms with Crippen LogP contribution < -0.4 is 20.9 Å². The van der Waals surface area contributed by atoms with E-state index in [1.807, 2.05) is 0 Å². The van der Waals surface area contributed by atoms with Crippen LogP contribution in [0.2, 0.25) is 0 Å². The Morgan fingerprint density at radius 2 is 2.07 bits per heavy atom. The maximum Gasteiger partial charge on any atom is 0.263 e. The summed E-state index contributed by atoms with van der Waals surface area (Å²) in [5.41, 5.74) is 0.259. The first-order valence-electron chi connectivity index (χ1n) is 8.70. The lowest BCUT2D eigenvalue weighted by molar-refractivity contribution is 0.0948. The van der Waals surface area contributed by atoms with Crippen LogP contribution >= 0.6 is 0 Å². The van der Waals surface area contributed by atoms with E-state index in [-0.39, 0.29) is 29.6 Å². The van der Waals surface area contributed by atoms with Gasteiger partial charge in [0, 0.05) is 25.4 Å². The first-order valence-corrected chi connectivity index (χ1v) is 8.70. The zero-order valence-electron chi connectivity index (χ0n) is 15.5. The van der Waals surface area contributed by atoms with Gasteiger partial charge < -0.3 is 19.9 Å². The number of rotatable bonds is 6. The van der Waals surface area contributed by atoms with Crippen molar-refractivity contribution < 1.29 is 14.3 Å². The molecule has 0 aromatic carbocycles. The Kier molecular flexibility index (Phi) is 5.25. The number of nitrogens with one attached hydrogen (secondary N) is 2. The molecule has 0 aliphatic heterocycles. The van der Waals surface area contributed by atoms with Gasteiger partial charge in [0.1, 0.15) is 5.56 Å². The highest BCUT2D eigenvalue weighted by atomic mass is 16.5. The number of pyridine rings is 2. The summed E-state index contributed by atoms with van der Waals surface area (Å²) in [4.78, 5) is 41.6. The number of amides is 2. The van der Waals surface area contributed by atoms with Crippen molar-refractivity contribution in [3.63, 3.8) is 0 Å². The third kappa shape index (κ3) is 4.16. The number of carbonyl (C=O) groups excluding carboxylic acids is 2. The lowest BCUT2D eigenvalue weighted by Gasteiger charge is -2.12. The summed E-state index contributed by atoms with van der Waals surface area (Å²) in [5, 5.41) is 5.35. The van der Waals surface area contributed by atoms with Crippen LogP contribution in [0.4, 0.5) is 0 Å². The summed E-state index contributed by atoms with van der Waals surface area (Å²) < 4.78 is 6.42.